The summed E-state index contributed by atoms with van der Waals surface area (Å²) < 4.78 is 27.0. The molecule has 0 spiro atoms. The van der Waals surface area contributed by atoms with Crippen LogP contribution in [0.1, 0.15) is 5.56 Å². The van der Waals surface area contributed by atoms with Gasteiger partial charge in [-0.2, -0.15) is 0 Å². The van der Waals surface area contributed by atoms with E-state index in [0.29, 0.717) is 11.3 Å². The lowest BCUT2D eigenvalue weighted by atomic mass is 10.2. The summed E-state index contributed by atoms with van der Waals surface area (Å²) in [5.74, 6) is 5.51. The molecule has 0 saturated heterocycles. The van der Waals surface area contributed by atoms with Crippen molar-refractivity contribution in [3.05, 3.63) is 60.2 Å². The lowest BCUT2D eigenvalue weighted by Crippen LogP contribution is -2.12. The Hall–Kier alpha value is -2.29. The second-order valence-corrected chi connectivity index (χ2v) is 5.69. The second-order valence-electron chi connectivity index (χ2n) is 4.01. The van der Waals surface area contributed by atoms with Gasteiger partial charge in [-0.25, -0.2) is 8.42 Å². The number of hydrogen-bond acceptors (Lipinski definition) is 3. The molecule has 5 heteroatoms. The van der Waals surface area contributed by atoms with Crippen LogP contribution in [0, 0.1) is 11.8 Å². The molecule has 0 aliphatic rings. The van der Waals surface area contributed by atoms with Crippen molar-refractivity contribution in [2.24, 2.45) is 5.73 Å². The zero-order valence-electron chi connectivity index (χ0n) is 10.7. The molecule has 20 heavy (non-hydrogen) atoms. The van der Waals surface area contributed by atoms with Crippen LogP contribution in [0.4, 0.5) is 5.69 Å². The van der Waals surface area contributed by atoms with Gasteiger partial charge in [-0.3, -0.25) is 4.72 Å². The van der Waals surface area contributed by atoms with E-state index in [1.165, 1.54) is 12.1 Å². The average molecular weight is 286 g/mol. The highest BCUT2D eigenvalue weighted by Gasteiger charge is 2.13. The molecule has 0 aromatic heterocycles. The van der Waals surface area contributed by atoms with Crippen molar-refractivity contribution in [2.45, 2.75) is 4.90 Å². The maximum atomic E-state index is 12.2. The summed E-state index contributed by atoms with van der Waals surface area (Å²) in [7, 11) is -3.61. The number of hydrogen-bond donors (Lipinski definition) is 2. The van der Waals surface area contributed by atoms with Crippen LogP contribution in [0.15, 0.2) is 59.5 Å². The Labute approximate surface area is 118 Å². The van der Waals surface area contributed by atoms with E-state index in [4.69, 9.17) is 5.73 Å². The number of anilines is 1. The number of sulfonamides is 1. The summed E-state index contributed by atoms with van der Waals surface area (Å²) in [5.41, 5.74) is 6.43. The topological polar surface area (TPSA) is 72.2 Å². The predicted octanol–water partition coefficient (Wildman–Crippen LogP) is 1.80. The molecule has 0 aliphatic carbocycles. The zero-order chi connectivity index (χ0) is 14.4. The molecule has 0 unspecified atom stereocenters. The number of rotatable bonds is 3. The van der Waals surface area contributed by atoms with E-state index in [9.17, 15) is 8.42 Å². The smallest absolute Gasteiger partial charge is 0.261 e. The minimum absolute atomic E-state index is 0.171. The Morgan fingerprint density at radius 3 is 2.50 bits per heavy atom. The molecule has 102 valence electrons. The molecule has 0 atom stereocenters. The second kappa shape index (κ2) is 6.24. The molecule has 3 N–H and O–H groups in total. The number of benzene rings is 2. The van der Waals surface area contributed by atoms with E-state index in [1.54, 1.807) is 36.4 Å². The van der Waals surface area contributed by atoms with E-state index >= 15 is 0 Å². The number of para-hydroxylation sites is 1. The molecule has 0 bridgehead atoms. The fourth-order valence-corrected chi connectivity index (χ4v) is 2.72. The van der Waals surface area contributed by atoms with Gasteiger partial charge in [0.2, 0.25) is 0 Å². The minimum Gasteiger partial charge on any atom is -0.320 e. The van der Waals surface area contributed by atoms with Crippen LogP contribution < -0.4 is 10.5 Å². The van der Waals surface area contributed by atoms with Crippen LogP contribution in [0.25, 0.3) is 0 Å². The Bertz CT molecular complexity index is 744. The lowest BCUT2D eigenvalue weighted by Gasteiger charge is -2.08. The van der Waals surface area contributed by atoms with E-state index < -0.39 is 10.0 Å². The molecule has 2 aromatic rings. The highest BCUT2D eigenvalue weighted by Crippen LogP contribution is 2.16. The van der Waals surface area contributed by atoms with Crippen molar-refractivity contribution in [1.82, 2.24) is 0 Å². The Morgan fingerprint density at radius 1 is 1.05 bits per heavy atom. The van der Waals surface area contributed by atoms with Crippen LogP contribution in [-0.2, 0) is 10.0 Å². The molecule has 0 amide bonds. The third kappa shape index (κ3) is 3.60. The van der Waals surface area contributed by atoms with Gasteiger partial charge in [0.1, 0.15) is 0 Å². The summed E-state index contributed by atoms with van der Waals surface area (Å²) in [6, 6.07) is 15.2. The first-order valence-electron chi connectivity index (χ1n) is 5.99. The van der Waals surface area contributed by atoms with Gasteiger partial charge in [0.05, 0.1) is 11.4 Å². The van der Waals surface area contributed by atoms with Gasteiger partial charge in [0.25, 0.3) is 10.0 Å². The van der Waals surface area contributed by atoms with E-state index in [2.05, 4.69) is 16.6 Å². The van der Waals surface area contributed by atoms with Crippen molar-refractivity contribution in [3.63, 3.8) is 0 Å². The van der Waals surface area contributed by atoms with Crippen molar-refractivity contribution < 1.29 is 8.42 Å². The lowest BCUT2D eigenvalue weighted by molar-refractivity contribution is 0.601. The first-order valence-corrected chi connectivity index (χ1v) is 7.47. The van der Waals surface area contributed by atoms with Crippen LogP contribution in [0.5, 0.6) is 0 Å². The fourth-order valence-electron chi connectivity index (χ4n) is 1.61. The molecule has 2 aromatic carbocycles. The maximum absolute atomic E-state index is 12.2. The molecule has 0 saturated carbocycles. The van der Waals surface area contributed by atoms with E-state index in [1.807, 2.05) is 6.07 Å². The van der Waals surface area contributed by atoms with Gasteiger partial charge in [-0.1, -0.05) is 36.1 Å². The van der Waals surface area contributed by atoms with Crippen molar-refractivity contribution >= 4 is 15.7 Å². The maximum Gasteiger partial charge on any atom is 0.261 e. The SMILES string of the molecule is NCC#Cc1cccc(S(=O)(=O)Nc2ccccc2)c1. The van der Waals surface area contributed by atoms with Crippen molar-refractivity contribution in [1.29, 1.82) is 0 Å². The fraction of sp³-hybridized carbons (Fsp3) is 0.0667. The molecule has 0 aliphatic heterocycles. The Kier molecular flexibility index (Phi) is 4.41. The summed E-state index contributed by atoms with van der Waals surface area (Å²) in [6.45, 7) is 0.235. The van der Waals surface area contributed by atoms with Gasteiger partial charge in [-0.05, 0) is 30.3 Å². The van der Waals surface area contributed by atoms with Gasteiger partial charge >= 0.3 is 0 Å². The molecule has 0 radical (unpaired) electrons. The van der Waals surface area contributed by atoms with Crippen LogP contribution in [0.3, 0.4) is 0 Å². The molecular weight excluding hydrogens is 272 g/mol. The summed E-state index contributed by atoms with van der Waals surface area (Å²) in [5, 5.41) is 0. The largest absolute Gasteiger partial charge is 0.320 e. The van der Waals surface area contributed by atoms with Crippen LogP contribution in [0.2, 0.25) is 0 Å². The van der Waals surface area contributed by atoms with Crippen molar-refractivity contribution in [3.8, 4) is 11.8 Å². The highest BCUT2D eigenvalue weighted by atomic mass is 32.2. The van der Waals surface area contributed by atoms with Gasteiger partial charge < -0.3 is 5.73 Å². The predicted molar refractivity (Wildman–Crippen MR) is 79.6 cm³/mol. The first-order chi connectivity index (χ1) is 9.62. The first kappa shape index (κ1) is 14.1. The Morgan fingerprint density at radius 2 is 1.80 bits per heavy atom. The van der Waals surface area contributed by atoms with E-state index in [0.717, 1.165) is 0 Å². The monoisotopic (exact) mass is 286 g/mol. The minimum atomic E-state index is -3.61. The number of nitrogens with two attached hydrogens (primary N) is 1. The third-order valence-corrected chi connectivity index (χ3v) is 3.88. The summed E-state index contributed by atoms with van der Waals surface area (Å²) >= 11 is 0. The molecule has 0 heterocycles. The molecular formula is C15H14N2O2S. The van der Waals surface area contributed by atoms with Gasteiger partial charge in [0, 0.05) is 11.3 Å². The molecule has 0 fully saturated rings. The van der Waals surface area contributed by atoms with Gasteiger partial charge in [0.15, 0.2) is 0 Å². The van der Waals surface area contributed by atoms with Crippen LogP contribution in [-0.4, -0.2) is 15.0 Å². The molecule has 2 rings (SSSR count). The third-order valence-electron chi connectivity index (χ3n) is 2.51. The summed E-state index contributed by atoms with van der Waals surface area (Å²) in [4.78, 5) is 0.171. The standard InChI is InChI=1S/C15H14N2O2S/c16-11-5-7-13-6-4-10-15(12-13)20(18,19)17-14-8-2-1-3-9-14/h1-4,6,8-10,12,17H,11,16H2. The summed E-state index contributed by atoms with van der Waals surface area (Å²) in [6.07, 6.45) is 0. The Balaban J connectivity index is 2.30. The quantitative estimate of drug-likeness (QED) is 0.845. The average Bonchev–Trinajstić information content (AvgIpc) is 2.46. The van der Waals surface area contributed by atoms with Crippen LogP contribution >= 0.6 is 0 Å². The normalized spacial score (nSPS) is 10.4. The highest BCUT2D eigenvalue weighted by molar-refractivity contribution is 7.92. The van der Waals surface area contributed by atoms with Gasteiger partial charge in [-0.15, -0.1) is 0 Å². The number of nitrogens with one attached hydrogen (secondary N) is 1. The molecule has 4 nitrogen and oxygen atoms in total. The zero-order valence-corrected chi connectivity index (χ0v) is 11.5. The van der Waals surface area contributed by atoms with Crippen molar-refractivity contribution in [2.75, 3.05) is 11.3 Å². The van der Waals surface area contributed by atoms with E-state index in [-0.39, 0.29) is 11.4 Å².